The van der Waals surface area contributed by atoms with Crippen LogP contribution >= 0.6 is 11.3 Å². The zero-order chi connectivity index (χ0) is 31.0. The lowest BCUT2D eigenvalue weighted by Crippen LogP contribution is -2.31. The number of thiazole rings is 1. The van der Waals surface area contributed by atoms with E-state index < -0.39 is 5.60 Å². The molecule has 1 aliphatic rings. The highest BCUT2D eigenvalue weighted by Crippen LogP contribution is 2.36. The molecule has 41 heavy (non-hydrogen) atoms. The average Bonchev–Trinajstić information content (AvgIpc) is 3.42. The van der Waals surface area contributed by atoms with Gasteiger partial charge in [0.05, 0.1) is 33.4 Å². The standard InChI is InChI=1S/C21H30N6OS.C7H14O.2C2H2/c1-7-14(21(4,5)28)8-10-24-18-16(12(2)25-20(22-6)27-18)19-26-17-13(3)23-11-9-15(17)29-19;1-8-7-5-3-2-4-6-7;2*1-2/h9,11,14,28H,7-8,10H2,1-6H3,(H2,22,24,25,27);7H,2-6H2,1H3;2*1-2H. The van der Waals surface area contributed by atoms with E-state index in [0.29, 0.717) is 18.6 Å². The number of nitrogens with zero attached hydrogens (tertiary/aromatic N) is 4. The van der Waals surface area contributed by atoms with Crippen molar-refractivity contribution in [2.45, 2.75) is 91.3 Å². The van der Waals surface area contributed by atoms with Crippen LogP contribution in [-0.4, -0.2) is 57.4 Å². The summed E-state index contributed by atoms with van der Waals surface area (Å²) < 4.78 is 6.29. The molecule has 0 amide bonds. The summed E-state index contributed by atoms with van der Waals surface area (Å²) in [6.07, 6.45) is 26.9. The Bertz CT molecular complexity index is 1220. The molecule has 3 aromatic heterocycles. The third-order valence-electron chi connectivity index (χ3n) is 7.18. The Hall–Kier alpha value is -3.24. The fourth-order valence-corrected chi connectivity index (χ4v) is 5.99. The fraction of sp³-hybridized carbons (Fsp3) is 0.562. The van der Waals surface area contributed by atoms with Crippen molar-refractivity contribution < 1.29 is 9.84 Å². The number of hydrogen-bond donors (Lipinski definition) is 3. The predicted octanol–water partition coefficient (Wildman–Crippen LogP) is 6.87. The molecule has 0 bridgehead atoms. The number of aliphatic hydroxyl groups is 1. The molecule has 1 aliphatic carbocycles. The van der Waals surface area contributed by atoms with Crippen molar-refractivity contribution in [3.8, 4) is 36.3 Å². The van der Waals surface area contributed by atoms with Gasteiger partial charge >= 0.3 is 0 Å². The Balaban J connectivity index is 0.000000590. The van der Waals surface area contributed by atoms with Crippen molar-refractivity contribution >= 4 is 33.3 Å². The highest BCUT2D eigenvalue weighted by molar-refractivity contribution is 7.21. The minimum atomic E-state index is -0.700. The third kappa shape index (κ3) is 10.6. The smallest absolute Gasteiger partial charge is 0.224 e. The lowest BCUT2D eigenvalue weighted by atomic mass is 9.86. The minimum absolute atomic E-state index is 0.210. The molecule has 4 rings (SSSR count). The highest BCUT2D eigenvalue weighted by Gasteiger charge is 2.25. The van der Waals surface area contributed by atoms with Crippen LogP contribution in [0, 0.1) is 45.5 Å². The van der Waals surface area contributed by atoms with Crippen LogP contribution in [0.25, 0.3) is 20.8 Å². The monoisotopic (exact) mass is 580 g/mol. The topological polar surface area (TPSA) is 105 Å². The molecule has 0 radical (unpaired) electrons. The van der Waals surface area contributed by atoms with Crippen molar-refractivity contribution in [1.82, 2.24) is 19.9 Å². The van der Waals surface area contributed by atoms with Crippen LogP contribution in [0.4, 0.5) is 11.8 Å². The molecule has 0 spiro atoms. The number of aromatic nitrogens is 4. The summed E-state index contributed by atoms with van der Waals surface area (Å²) in [4.78, 5) is 18.4. The van der Waals surface area contributed by atoms with Gasteiger partial charge in [-0.25, -0.2) is 9.97 Å². The van der Waals surface area contributed by atoms with Crippen LogP contribution in [0.1, 0.15) is 77.1 Å². The molecule has 9 heteroatoms. The van der Waals surface area contributed by atoms with E-state index in [-0.39, 0.29) is 5.92 Å². The first-order valence-corrected chi connectivity index (χ1v) is 14.9. The predicted molar refractivity (Wildman–Crippen MR) is 174 cm³/mol. The molecule has 3 heterocycles. The third-order valence-corrected chi connectivity index (χ3v) is 8.22. The van der Waals surface area contributed by atoms with E-state index in [0.717, 1.165) is 50.8 Å². The van der Waals surface area contributed by atoms with Crippen LogP contribution in [0.15, 0.2) is 12.3 Å². The molecule has 224 valence electrons. The zero-order valence-electron chi connectivity index (χ0n) is 25.8. The number of fused-ring (bicyclic) bond motifs is 1. The van der Waals surface area contributed by atoms with Gasteiger partial charge in [0.1, 0.15) is 16.3 Å². The van der Waals surface area contributed by atoms with Crippen LogP contribution in [0.5, 0.6) is 0 Å². The van der Waals surface area contributed by atoms with E-state index in [1.54, 1.807) is 11.3 Å². The quantitative estimate of drug-likeness (QED) is 0.236. The second-order valence-electron chi connectivity index (χ2n) is 10.3. The summed E-state index contributed by atoms with van der Waals surface area (Å²) in [5.74, 6) is 1.54. The molecule has 3 N–H and O–H groups in total. The Labute approximate surface area is 251 Å². The van der Waals surface area contributed by atoms with Gasteiger partial charge in [-0.15, -0.1) is 37.0 Å². The molecule has 0 aliphatic heterocycles. The number of pyridine rings is 1. The van der Waals surface area contributed by atoms with Gasteiger partial charge in [-0.2, -0.15) is 4.98 Å². The van der Waals surface area contributed by atoms with Crippen LogP contribution < -0.4 is 10.6 Å². The van der Waals surface area contributed by atoms with Crippen molar-refractivity contribution in [2.24, 2.45) is 5.92 Å². The molecule has 0 saturated heterocycles. The lowest BCUT2D eigenvalue weighted by molar-refractivity contribution is 0.0130. The van der Waals surface area contributed by atoms with E-state index in [9.17, 15) is 5.11 Å². The number of ether oxygens (including phenoxy) is 1. The Morgan fingerprint density at radius 3 is 2.24 bits per heavy atom. The van der Waals surface area contributed by atoms with Gasteiger partial charge in [-0.1, -0.05) is 32.6 Å². The maximum Gasteiger partial charge on any atom is 0.224 e. The molecule has 1 fully saturated rings. The first kappa shape index (κ1) is 35.8. The number of anilines is 2. The van der Waals surface area contributed by atoms with E-state index in [1.165, 1.54) is 32.1 Å². The van der Waals surface area contributed by atoms with Gasteiger partial charge in [0.15, 0.2) is 0 Å². The number of hydrogen-bond acceptors (Lipinski definition) is 9. The maximum atomic E-state index is 10.4. The average molecular weight is 581 g/mol. The first-order chi connectivity index (χ1) is 19.7. The summed E-state index contributed by atoms with van der Waals surface area (Å²) in [7, 11) is 3.63. The Kier molecular flexibility index (Phi) is 15.9. The minimum Gasteiger partial charge on any atom is -0.390 e. The van der Waals surface area contributed by atoms with Gasteiger partial charge in [-0.3, -0.25) is 4.98 Å². The number of methoxy groups -OCH3 is 1. The van der Waals surface area contributed by atoms with E-state index in [2.05, 4.69) is 58.2 Å². The number of rotatable bonds is 9. The zero-order valence-corrected chi connectivity index (χ0v) is 26.6. The van der Waals surface area contributed by atoms with Crippen molar-refractivity contribution in [1.29, 1.82) is 0 Å². The van der Waals surface area contributed by atoms with Gasteiger partial charge in [0, 0.05) is 26.9 Å². The summed E-state index contributed by atoms with van der Waals surface area (Å²) in [6.45, 7) is 10.5. The SMILES string of the molecule is C#C.C#C.CCC(CCNc1nc(NC)nc(C)c1-c1nc2c(C)nccc2s1)C(C)(C)O.COC1CCCCC1. The number of terminal acetylenes is 2. The molecular weight excluding hydrogens is 532 g/mol. The molecule has 1 atom stereocenters. The van der Waals surface area contributed by atoms with Crippen molar-refractivity contribution in [3.63, 3.8) is 0 Å². The summed E-state index contributed by atoms with van der Waals surface area (Å²) in [6, 6.07) is 1.99. The largest absolute Gasteiger partial charge is 0.390 e. The van der Waals surface area contributed by atoms with Gasteiger partial charge in [0.2, 0.25) is 5.95 Å². The Morgan fingerprint density at radius 1 is 1.07 bits per heavy atom. The Morgan fingerprint density at radius 2 is 1.73 bits per heavy atom. The number of nitrogens with one attached hydrogen (secondary N) is 2. The normalized spacial score (nSPS) is 13.9. The molecule has 0 aromatic carbocycles. The van der Waals surface area contributed by atoms with Gasteiger partial charge in [-0.05, 0) is 58.9 Å². The molecular formula is C32H48N6O2S. The maximum absolute atomic E-state index is 10.4. The van der Waals surface area contributed by atoms with Crippen LogP contribution in [0.2, 0.25) is 0 Å². The second-order valence-corrected chi connectivity index (χ2v) is 11.4. The lowest BCUT2D eigenvalue weighted by Gasteiger charge is -2.28. The summed E-state index contributed by atoms with van der Waals surface area (Å²) >= 11 is 1.62. The van der Waals surface area contributed by atoms with E-state index in [4.69, 9.17) is 9.72 Å². The van der Waals surface area contributed by atoms with Gasteiger partial charge in [0.25, 0.3) is 0 Å². The number of aryl methyl sites for hydroxylation is 2. The molecule has 8 nitrogen and oxygen atoms in total. The summed E-state index contributed by atoms with van der Waals surface area (Å²) in [5.41, 5.74) is 2.92. The van der Waals surface area contributed by atoms with Crippen molar-refractivity contribution in [3.05, 3.63) is 23.7 Å². The van der Waals surface area contributed by atoms with Crippen molar-refractivity contribution in [2.75, 3.05) is 31.3 Å². The van der Waals surface area contributed by atoms with Crippen LogP contribution in [-0.2, 0) is 4.74 Å². The first-order valence-electron chi connectivity index (χ1n) is 14.1. The molecule has 1 unspecified atom stereocenters. The molecule has 3 aromatic rings. The van der Waals surface area contributed by atoms with E-state index >= 15 is 0 Å². The highest BCUT2D eigenvalue weighted by atomic mass is 32.1. The van der Waals surface area contributed by atoms with E-state index in [1.807, 2.05) is 54.1 Å². The second kappa shape index (κ2) is 18.2. The fourth-order valence-electron chi connectivity index (χ4n) is 4.88. The van der Waals surface area contributed by atoms with Crippen LogP contribution in [0.3, 0.4) is 0 Å². The summed E-state index contributed by atoms with van der Waals surface area (Å²) in [5, 5.41) is 17.7. The van der Waals surface area contributed by atoms with Gasteiger partial charge < -0.3 is 20.5 Å². The molecule has 1 saturated carbocycles.